The van der Waals surface area contributed by atoms with Crippen molar-refractivity contribution in [2.24, 2.45) is 0 Å². The van der Waals surface area contributed by atoms with Crippen LogP contribution in [-0.4, -0.2) is 54.2 Å². The molecule has 1 aliphatic rings. The van der Waals surface area contributed by atoms with Gasteiger partial charge in [-0.05, 0) is 37.1 Å². The number of carbonyl (C=O) groups is 2. The molecular formula is C29H34F2N4O3S. The Morgan fingerprint density at radius 2 is 1.95 bits per heavy atom. The maximum absolute atomic E-state index is 15.3. The molecule has 0 bridgehead atoms. The van der Waals surface area contributed by atoms with Gasteiger partial charge in [0.1, 0.15) is 24.0 Å². The second-order valence-electron chi connectivity index (χ2n) is 10.6. The first-order valence-corrected chi connectivity index (χ1v) is 13.8. The van der Waals surface area contributed by atoms with Crippen LogP contribution in [0, 0.1) is 25.5 Å². The number of thioether (sulfide) groups is 1. The van der Waals surface area contributed by atoms with Crippen molar-refractivity contribution in [1.29, 1.82) is 0 Å². The summed E-state index contributed by atoms with van der Waals surface area (Å²) in [5.41, 5.74) is 3.81. The van der Waals surface area contributed by atoms with Crippen LogP contribution in [0.2, 0.25) is 0 Å². The Bertz CT molecular complexity index is 1400. The summed E-state index contributed by atoms with van der Waals surface area (Å²) in [6.07, 6.45) is 0. The molecule has 2 amide bonds. The van der Waals surface area contributed by atoms with E-state index in [2.05, 4.69) is 5.32 Å². The summed E-state index contributed by atoms with van der Waals surface area (Å²) < 4.78 is 35.9. The van der Waals surface area contributed by atoms with Gasteiger partial charge in [-0.3, -0.25) is 14.5 Å². The number of aryl methyl sites for hydroxylation is 1. The molecule has 4 rings (SSSR count). The molecule has 0 spiro atoms. The first kappa shape index (κ1) is 28.8. The largest absolute Gasteiger partial charge is 0.383 e. The number of carbonyl (C=O) groups excluding carboxylic acids is 2. The molecule has 39 heavy (non-hydrogen) atoms. The van der Waals surface area contributed by atoms with Crippen LogP contribution in [0.3, 0.4) is 0 Å². The maximum Gasteiger partial charge on any atom is 0.240 e. The number of nitrogens with zero attached hydrogens (tertiary/aromatic N) is 3. The minimum Gasteiger partial charge on any atom is -0.383 e. The topological polar surface area (TPSA) is 76.5 Å². The molecule has 1 atom stereocenters. The Morgan fingerprint density at radius 1 is 1.21 bits per heavy atom. The predicted octanol–water partition coefficient (Wildman–Crippen LogP) is 5.00. The molecule has 0 aliphatic carbocycles. The van der Waals surface area contributed by atoms with Crippen molar-refractivity contribution in [1.82, 2.24) is 15.1 Å². The average Bonchev–Trinajstić information content (AvgIpc) is 3.20. The van der Waals surface area contributed by atoms with E-state index in [0.29, 0.717) is 30.2 Å². The molecule has 0 saturated carbocycles. The number of amides is 2. The maximum atomic E-state index is 15.3. The summed E-state index contributed by atoms with van der Waals surface area (Å²) in [5.74, 6) is -1.62. The number of halogens is 2. The number of anilines is 1. The van der Waals surface area contributed by atoms with E-state index in [4.69, 9.17) is 9.84 Å². The van der Waals surface area contributed by atoms with Gasteiger partial charge < -0.3 is 10.1 Å². The summed E-state index contributed by atoms with van der Waals surface area (Å²) in [5, 5.41) is 7.16. The molecule has 3 aromatic rings. The first-order valence-electron chi connectivity index (χ1n) is 12.8. The van der Waals surface area contributed by atoms with Crippen LogP contribution in [0.4, 0.5) is 14.6 Å². The van der Waals surface area contributed by atoms with Gasteiger partial charge >= 0.3 is 0 Å². The third-order valence-corrected chi connectivity index (χ3v) is 8.02. The third kappa shape index (κ3) is 5.86. The lowest BCUT2D eigenvalue weighted by Gasteiger charge is -2.25. The van der Waals surface area contributed by atoms with E-state index in [1.807, 2.05) is 52.8 Å². The fraction of sp³-hybridized carbons (Fsp3) is 0.414. The van der Waals surface area contributed by atoms with Crippen molar-refractivity contribution in [3.05, 3.63) is 76.0 Å². The summed E-state index contributed by atoms with van der Waals surface area (Å²) in [7, 11) is 1.54. The number of rotatable bonds is 7. The molecule has 2 heterocycles. The number of benzene rings is 2. The first-order chi connectivity index (χ1) is 18.4. The molecule has 1 aliphatic heterocycles. The second-order valence-corrected chi connectivity index (χ2v) is 11.7. The van der Waals surface area contributed by atoms with E-state index < -0.39 is 22.3 Å². The SMILES string of the molecule is COCCNC(=O)CN1C(=O)CS[C@@H](c2ccc(F)cc2F)c2c(C(C)(C)C)nn(-c3cccc(C)c3C)c21. The quantitative estimate of drug-likeness (QED) is 0.415. The number of aromatic nitrogens is 2. The van der Waals surface area contributed by atoms with Gasteiger partial charge in [0.05, 0.1) is 29.0 Å². The molecule has 0 unspecified atom stereocenters. The zero-order valence-electron chi connectivity index (χ0n) is 23.1. The van der Waals surface area contributed by atoms with Gasteiger partial charge in [0.15, 0.2) is 0 Å². The van der Waals surface area contributed by atoms with E-state index in [-0.39, 0.29) is 29.7 Å². The van der Waals surface area contributed by atoms with Crippen molar-refractivity contribution < 1.29 is 23.1 Å². The zero-order valence-corrected chi connectivity index (χ0v) is 23.9. The molecule has 10 heteroatoms. The van der Waals surface area contributed by atoms with Crippen LogP contribution in [0.5, 0.6) is 0 Å². The van der Waals surface area contributed by atoms with Crippen LogP contribution >= 0.6 is 11.8 Å². The summed E-state index contributed by atoms with van der Waals surface area (Å²) >= 11 is 1.25. The normalized spacial score (nSPS) is 15.7. The second kappa shape index (κ2) is 11.5. The van der Waals surface area contributed by atoms with Gasteiger partial charge in [0.25, 0.3) is 0 Å². The lowest BCUT2D eigenvalue weighted by atomic mass is 9.87. The lowest BCUT2D eigenvalue weighted by Crippen LogP contribution is -2.43. The highest BCUT2D eigenvalue weighted by atomic mass is 32.2. The molecule has 0 fully saturated rings. The van der Waals surface area contributed by atoms with Crippen LogP contribution < -0.4 is 10.2 Å². The number of hydrogen-bond donors (Lipinski definition) is 1. The Hall–Kier alpha value is -3.24. The summed E-state index contributed by atoms with van der Waals surface area (Å²) in [6, 6.07) is 9.31. The van der Waals surface area contributed by atoms with Gasteiger partial charge in [-0.15, -0.1) is 11.8 Å². The Balaban J connectivity index is 2.01. The van der Waals surface area contributed by atoms with E-state index >= 15 is 4.39 Å². The summed E-state index contributed by atoms with van der Waals surface area (Å²) in [4.78, 5) is 28.1. The molecule has 0 radical (unpaired) electrons. The number of hydrogen-bond acceptors (Lipinski definition) is 5. The Labute approximate surface area is 231 Å². The van der Waals surface area contributed by atoms with Gasteiger partial charge in [-0.2, -0.15) is 5.10 Å². The molecule has 1 N–H and O–H groups in total. The third-order valence-electron chi connectivity index (χ3n) is 6.78. The fourth-order valence-electron chi connectivity index (χ4n) is 4.66. The Morgan fingerprint density at radius 3 is 2.62 bits per heavy atom. The molecule has 208 valence electrons. The van der Waals surface area contributed by atoms with Crippen LogP contribution in [0.15, 0.2) is 36.4 Å². The highest BCUT2D eigenvalue weighted by Gasteiger charge is 2.40. The molecule has 0 saturated heterocycles. The smallest absolute Gasteiger partial charge is 0.240 e. The van der Waals surface area contributed by atoms with Crippen molar-refractivity contribution in [2.75, 3.05) is 37.5 Å². The van der Waals surface area contributed by atoms with Gasteiger partial charge in [0.2, 0.25) is 11.8 Å². The number of fused-ring (bicyclic) bond motifs is 1. The molecular weight excluding hydrogens is 522 g/mol. The van der Waals surface area contributed by atoms with E-state index in [1.54, 1.807) is 11.8 Å². The average molecular weight is 557 g/mol. The van der Waals surface area contributed by atoms with Crippen molar-refractivity contribution >= 4 is 29.4 Å². The van der Waals surface area contributed by atoms with Crippen LogP contribution in [0.25, 0.3) is 5.69 Å². The number of methoxy groups -OCH3 is 1. The van der Waals surface area contributed by atoms with Crippen LogP contribution in [0.1, 0.15) is 54.0 Å². The summed E-state index contributed by atoms with van der Waals surface area (Å²) in [6.45, 7) is 10.4. The number of nitrogens with one attached hydrogen (secondary N) is 1. The standard InChI is InChI=1S/C29H34F2N4O3S/c1-17-8-7-9-22(18(17)2)35-28-25(27(33-35)29(3,4)5)26(20-11-10-19(30)14-21(20)31)39-16-24(37)34(28)15-23(36)32-12-13-38-6/h7-11,14,26H,12-13,15-16H2,1-6H3,(H,32,36)/t26-/m0/s1. The Kier molecular flexibility index (Phi) is 8.46. The minimum atomic E-state index is -0.698. The van der Waals surface area contributed by atoms with Gasteiger partial charge in [0, 0.05) is 36.3 Å². The monoisotopic (exact) mass is 556 g/mol. The highest BCUT2D eigenvalue weighted by molar-refractivity contribution is 8.00. The highest BCUT2D eigenvalue weighted by Crippen LogP contribution is 2.49. The lowest BCUT2D eigenvalue weighted by molar-refractivity contribution is -0.123. The van der Waals surface area contributed by atoms with Crippen molar-refractivity contribution in [3.63, 3.8) is 0 Å². The minimum absolute atomic E-state index is 0.00209. The molecule has 2 aromatic carbocycles. The number of ether oxygens (including phenoxy) is 1. The van der Waals surface area contributed by atoms with Crippen molar-refractivity contribution in [2.45, 2.75) is 45.3 Å². The molecule has 7 nitrogen and oxygen atoms in total. The van der Waals surface area contributed by atoms with E-state index in [0.717, 1.165) is 22.9 Å². The zero-order chi connectivity index (χ0) is 28.5. The van der Waals surface area contributed by atoms with Gasteiger partial charge in [-0.25, -0.2) is 13.5 Å². The fourth-order valence-corrected chi connectivity index (χ4v) is 5.88. The van der Waals surface area contributed by atoms with Crippen molar-refractivity contribution in [3.8, 4) is 5.69 Å². The van der Waals surface area contributed by atoms with E-state index in [1.165, 1.54) is 28.8 Å². The van der Waals surface area contributed by atoms with Crippen LogP contribution in [-0.2, 0) is 19.7 Å². The van der Waals surface area contributed by atoms with Gasteiger partial charge in [-0.1, -0.05) is 39.0 Å². The predicted molar refractivity (Wildman–Crippen MR) is 150 cm³/mol. The van der Waals surface area contributed by atoms with E-state index in [9.17, 15) is 14.0 Å². The molecule has 1 aromatic heterocycles.